The van der Waals surface area contributed by atoms with E-state index in [0.29, 0.717) is 34.9 Å². The van der Waals surface area contributed by atoms with Crippen LogP contribution in [0.25, 0.3) is 167 Å². The lowest BCUT2D eigenvalue weighted by atomic mass is 9.83. The highest BCUT2D eigenvalue weighted by atomic mass is 15.0. The Kier molecular flexibility index (Phi) is 10.3. The maximum Gasteiger partial charge on any atom is 0.164 e. The molecule has 0 atom stereocenters. The summed E-state index contributed by atoms with van der Waals surface area (Å²) >= 11 is 0. The van der Waals surface area contributed by atoms with E-state index in [4.69, 9.17) is 29.9 Å². The topological polar surface area (TPSA) is 129 Å². The van der Waals surface area contributed by atoms with Crippen LogP contribution in [0.5, 0.6) is 0 Å². The van der Waals surface area contributed by atoms with Crippen molar-refractivity contribution in [1.29, 1.82) is 0 Å². The molecule has 10 heteroatoms. The zero-order chi connectivity index (χ0) is 52.7. The first kappa shape index (κ1) is 45.1. The van der Waals surface area contributed by atoms with E-state index in [1.54, 1.807) is 24.8 Å². The fraction of sp³-hybridized carbons (Fsp3) is 0. The largest absolute Gasteiger partial charge is 0.253 e. The Balaban J connectivity index is 0.996. The summed E-state index contributed by atoms with van der Waals surface area (Å²) in [6.07, 6.45) is 6.83. The number of rotatable bonds is 8. The highest BCUT2D eigenvalue weighted by molar-refractivity contribution is 6.31. The molecule has 0 spiro atoms. The third kappa shape index (κ3) is 7.65. The molecule has 0 N–H and O–H groups in total. The zero-order valence-electron chi connectivity index (χ0n) is 42.6. The fourth-order valence-electron chi connectivity index (χ4n) is 11.4. The third-order valence-corrected chi connectivity index (χ3v) is 15.3. The van der Waals surface area contributed by atoms with Crippen molar-refractivity contribution in [3.63, 3.8) is 0 Å². The fourth-order valence-corrected chi connectivity index (χ4v) is 11.4. The van der Waals surface area contributed by atoms with E-state index in [0.717, 1.165) is 132 Å². The van der Waals surface area contributed by atoms with Gasteiger partial charge in [0, 0.05) is 58.2 Å². The van der Waals surface area contributed by atoms with Gasteiger partial charge in [0.2, 0.25) is 0 Å². The maximum absolute atomic E-state index is 5.45. The summed E-state index contributed by atoms with van der Waals surface area (Å²) < 4.78 is 0. The molecule has 0 aliphatic rings. The van der Waals surface area contributed by atoms with E-state index in [1.165, 1.54) is 0 Å². The third-order valence-electron chi connectivity index (χ3n) is 15.3. The lowest BCUT2D eigenvalue weighted by Crippen LogP contribution is -2.03. The van der Waals surface area contributed by atoms with Crippen molar-refractivity contribution in [3.05, 3.63) is 243 Å². The van der Waals surface area contributed by atoms with Gasteiger partial charge in [0.05, 0.1) is 22.1 Å². The Bertz CT molecular complexity index is 4630. The molecule has 0 radical (unpaired) electrons. The van der Waals surface area contributed by atoms with Crippen molar-refractivity contribution >= 4 is 75.9 Å². The molecule has 4 heterocycles. The van der Waals surface area contributed by atoms with Gasteiger partial charge in [-0.05, 0) is 137 Å². The smallest absolute Gasteiger partial charge is 0.164 e. The number of aromatic nitrogens is 10. The molecule has 0 aliphatic heterocycles. The second-order valence-corrected chi connectivity index (χ2v) is 20.0. The zero-order valence-corrected chi connectivity index (χ0v) is 42.6. The lowest BCUT2D eigenvalue weighted by molar-refractivity contribution is 1.08. The van der Waals surface area contributed by atoms with E-state index in [1.807, 2.05) is 36.4 Å². The average Bonchev–Trinajstić information content (AvgIpc) is 3.70. The van der Waals surface area contributed by atoms with Crippen LogP contribution in [0.15, 0.2) is 243 Å². The van der Waals surface area contributed by atoms with Crippen LogP contribution in [0.3, 0.4) is 0 Å². The Morgan fingerprint density at radius 1 is 0.200 bits per heavy atom. The summed E-state index contributed by atoms with van der Waals surface area (Å²) in [5.41, 5.74) is 12.4. The molecule has 4 aromatic heterocycles. The molecule has 0 saturated carbocycles. The standard InChI is InChI=1S/C70H40N10/c1-3-13-43(14-4-1)55-39-57(69-77-65(47-21-19-41-11-7-9-17-45(41)35-47)75-67(79-69)49-23-29-59-61(37-49)73-33-31-71-59)53-28-26-52-56(44-15-5-2-6-16-44)40-58(54-27-25-51(55)63(53)64(52)54)70-78-66(48-22-20-42-12-8-10-18-46(42)36-48)76-68(80-70)50-24-30-60-62(38-50)74-34-32-72-60/h1-40H. The monoisotopic (exact) mass is 1020 g/mol. The molecule has 10 nitrogen and oxygen atoms in total. The second kappa shape index (κ2) is 18.3. The molecule has 0 fully saturated rings. The van der Waals surface area contributed by atoms with Crippen molar-refractivity contribution in [3.8, 4) is 90.6 Å². The highest BCUT2D eigenvalue weighted by Crippen LogP contribution is 2.48. The Morgan fingerprint density at radius 2 is 0.525 bits per heavy atom. The number of nitrogens with zero attached hydrogens (tertiary/aromatic N) is 10. The molecule has 0 amide bonds. The molecule has 12 aromatic carbocycles. The number of hydrogen-bond donors (Lipinski definition) is 0. The molecule has 80 heavy (non-hydrogen) atoms. The number of benzene rings is 12. The molecule has 0 aliphatic carbocycles. The SMILES string of the molecule is c1ccc(-c2cc(-c3nc(-c4ccc5ccccc5c4)nc(-c4ccc5nccnc5c4)n3)c3ccc4c(-c5ccccc5)cc(-c5nc(-c6ccc7ccccc7c6)nc(-c6ccc7nccnc7c6)n5)c5ccc2c3c45)cc1. The van der Waals surface area contributed by atoms with Crippen LogP contribution in [-0.2, 0) is 0 Å². The van der Waals surface area contributed by atoms with Crippen LogP contribution < -0.4 is 0 Å². The minimum Gasteiger partial charge on any atom is -0.253 e. The highest BCUT2D eigenvalue weighted by Gasteiger charge is 2.25. The van der Waals surface area contributed by atoms with Crippen LogP contribution in [-0.4, -0.2) is 49.8 Å². The van der Waals surface area contributed by atoms with Crippen LogP contribution >= 0.6 is 0 Å². The van der Waals surface area contributed by atoms with Gasteiger partial charge in [-0.2, -0.15) is 0 Å². The minimum absolute atomic E-state index is 0.526. The lowest BCUT2D eigenvalue weighted by Gasteiger charge is -2.21. The summed E-state index contributed by atoms with van der Waals surface area (Å²) in [6.45, 7) is 0. The van der Waals surface area contributed by atoms with Crippen LogP contribution in [0.2, 0.25) is 0 Å². The molecule has 16 aromatic rings. The van der Waals surface area contributed by atoms with E-state index < -0.39 is 0 Å². The van der Waals surface area contributed by atoms with Crippen molar-refractivity contribution in [2.75, 3.05) is 0 Å². The first-order chi connectivity index (χ1) is 39.6. The van der Waals surface area contributed by atoms with Gasteiger partial charge < -0.3 is 0 Å². The van der Waals surface area contributed by atoms with Crippen molar-refractivity contribution < 1.29 is 0 Å². The van der Waals surface area contributed by atoms with E-state index in [2.05, 4.69) is 202 Å². The quantitative estimate of drug-likeness (QED) is 0.136. The van der Waals surface area contributed by atoms with Crippen LogP contribution in [0.1, 0.15) is 0 Å². The molecule has 370 valence electrons. The van der Waals surface area contributed by atoms with E-state index in [-0.39, 0.29) is 0 Å². The van der Waals surface area contributed by atoms with Gasteiger partial charge >= 0.3 is 0 Å². The summed E-state index contributed by atoms with van der Waals surface area (Å²) in [5, 5.41) is 10.8. The Hall–Kier alpha value is -11.1. The number of hydrogen-bond acceptors (Lipinski definition) is 10. The Labute approximate surface area is 457 Å². The Morgan fingerprint density at radius 3 is 0.938 bits per heavy atom. The predicted molar refractivity (Wildman–Crippen MR) is 322 cm³/mol. The second-order valence-electron chi connectivity index (χ2n) is 20.0. The van der Waals surface area contributed by atoms with Gasteiger partial charge in [-0.1, -0.05) is 158 Å². The summed E-state index contributed by atoms with van der Waals surface area (Å²) in [5.74, 6) is 3.25. The first-order valence-electron chi connectivity index (χ1n) is 26.4. The molecule has 0 saturated heterocycles. The molecule has 0 unspecified atom stereocenters. The number of fused-ring (bicyclic) bond motifs is 4. The van der Waals surface area contributed by atoms with Gasteiger partial charge in [-0.15, -0.1) is 0 Å². The van der Waals surface area contributed by atoms with Gasteiger partial charge in [-0.3, -0.25) is 19.9 Å². The summed E-state index contributed by atoms with van der Waals surface area (Å²) in [4.78, 5) is 50.7. The van der Waals surface area contributed by atoms with E-state index in [9.17, 15) is 0 Å². The minimum atomic E-state index is 0.526. The van der Waals surface area contributed by atoms with Crippen molar-refractivity contribution in [2.45, 2.75) is 0 Å². The predicted octanol–water partition coefficient (Wildman–Crippen LogP) is 16.5. The molecule has 16 rings (SSSR count). The van der Waals surface area contributed by atoms with Crippen LogP contribution in [0.4, 0.5) is 0 Å². The summed E-state index contributed by atoms with van der Waals surface area (Å²) in [6, 6.07) is 76.1. The van der Waals surface area contributed by atoms with Gasteiger partial charge in [0.15, 0.2) is 34.9 Å². The van der Waals surface area contributed by atoms with Gasteiger partial charge in [0.1, 0.15) is 0 Å². The van der Waals surface area contributed by atoms with Gasteiger partial charge in [-0.25, -0.2) is 29.9 Å². The van der Waals surface area contributed by atoms with Crippen LogP contribution in [0, 0.1) is 0 Å². The average molecular weight is 1020 g/mol. The summed E-state index contributed by atoms with van der Waals surface area (Å²) in [7, 11) is 0. The normalized spacial score (nSPS) is 11.8. The molecular formula is C70H40N10. The molecular weight excluding hydrogens is 981 g/mol. The van der Waals surface area contributed by atoms with Gasteiger partial charge in [0.25, 0.3) is 0 Å². The van der Waals surface area contributed by atoms with Crippen molar-refractivity contribution in [1.82, 2.24) is 49.8 Å². The molecule has 0 bridgehead atoms. The first-order valence-corrected chi connectivity index (χ1v) is 26.4. The van der Waals surface area contributed by atoms with E-state index >= 15 is 0 Å². The van der Waals surface area contributed by atoms with Crippen molar-refractivity contribution in [2.24, 2.45) is 0 Å². The maximum atomic E-state index is 5.45.